The van der Waals surface area contributed by atoms with Crippen molar-refractivity contribution in [3.05, 3.63) is 69.1 Å². The third-order valence-electron chi connectivity index (χ3n) is 4.64. The summed E-state index contributed by atoms with van der Waals surface area (Å²) < 4.78 is 0.388. The fraction of sp³-hybridized carbons (Fsp3) is 0.261. The second-order valence-electron chi connectivity index (χ2n) is 8.66. The third kappa shape index (κ3) is 7.47. The first-order valence-corrected chi connectivity index (χ1v) is 10.6. The molecule has 0 spiro atoms. The summed E-state index contributed by atoms with van der Waals surface area (Å²) in [6.07, 6.45) is -0.177. The van der Waals surface area contributed by atoms with E-state index in [1.165, 1.54) is 0 Å². The maximum atomic E-state index is 13.1. The Hall–Kier alpha value is -3.08. The highest BCUT2D eigenvalue weighted by Gasteiger charge is 2.19. The van der Waals surface area contributed by atoms with Gasteiger partial charge in [0.15, 0.2) is 6.54 Å². The molecule has 1 heterocycles. The van der Waals surface area contributed by atoms with Gasteiger partial charge in [-0.1, -0.05) is 23.7 Å². The number of H-pyrrole nitrogens is 1. The number of hydrogen-bond donors (Lipinski definition) is 3. The zero-order chi connectivity index (χ0) is 24.2. The Labute approximate surface area is 212 Å². The molecule has 3 aromatic rings. The molecule has 3 rings (SSSR count). The minimum atomic E-state index is -0.569. The summed E-state index contributed by atoms with van der Waals surface area (Å²) in [6, 6.07) is 12.1. The van der Waals surface area contributed by atoms with Gasteiger partial charge in [0.05, 0.1) is 32.2 Å². The molecule has 0 fully saturated rings. The quantitative estimate of drug-likeness (QED) is 0.204. The van der Waals surface area contributed by atoms with Gasteiger partial charge in [-0.3, -0.25) is 14.4 Å². The normalized spacial score (nSPS) is 11.6. The van der Waals surface area contributed by atoms with Gasteiger partial charge in [-0.15, -0.1) is 0 Å². The van der Waals surface area contributed by atoms with Gasteiger partial charge in [0.25, 0.3) is 17.4 Å². The van der Waals surface area contributed by atoms with Gasteiger partial charge in [0, 0.05) is 17.1 Å². The number of nitrogens with one attached hydrogen (secondary N) is 3. The van der Waals surface area contributed by atoms with Crippen LogP contribution in [0.4, 0.5) is 5.69 Å². The lowest BCUT2D eigenvalue weighted by Gasteiger charge is -2.22. The first-order valence-electron chi connectivity index (χ1n) is 10.2. The van der Waals surface area contributed by atoms with E-state index in [1.54, 1.807) is 49.4 Å². The van der Waals surface area contributed by atoms with E-state index >= 15 is 0 Å². The lowest BCUT2D eigenvalue weighted by molar-refractivity contribution is -0.862. The standard InChI is InChI=1S/C23H25ClN6O3.BrH/c1-14-11-15(24)9-10-16(14)26-23(33)20(28-29-21(31)13-30(2,3)4)12-19-22(32)27-18-8-6-5-7-17(18)25-19;/h5-11H,12-13H2,1-4H3,(H2-,26,27,29,31,32,33);1H. The fourth-order valence-corrected chi connectivity index (χ4v) is 3.30. The summed E-state index contributed by atoms with van der Waals surface area (Å²) in [5.41, 5.74) is 4.48. The summed E-state index contributed by atoms with van der Waals surface area (Å²) in [6.45, 7) is 1.96. The van der Waals surface area contributed by atoms with Gasteiger partial charge in [-0.05, 0) is 42.8 Å². The first kappa shape index (κ1) is 27.2. The van der Waals surface area contributed by atoms with Gasteiger partial charge in [-0.25, -0.2) is 10.4 Å². The average Bonchev–Trinajstić information content (AvgIpc) is 2.72. The Morgan fingerprint density at radius 3 is 2.53 bits per heavy atom. The number of benzene rings is 2. The largest absolute Gasteiger partial charge is 1.00 e. The van der Waals surface area contributed by atoms with Crippen molar-refractivity contribution in [1.29, 1.82) is 0 Å². The van der Waals surface area contributed by atoms with Crippen molar-refractivity contribution in [2.45, 2.75) is 13.3 Å². The number of fused-ring (bicyclic) bond motifs is 1. The molecule has 0 bridgehead atoms. The Balaban J connectivity index is 0.00000408. The van der Waals surface area contributed by atoms with Crippen LogP contribution in [0.5, 0.6) is 0 Å². The number of aromatic nitrogens is 2. The van der Waals surface area contributed by atoms with Crippen molar-refractivity contribution in [1.82, 2.24) is 15.4 Å². The van der Waals surface area contributed by atoms with Gasteiger partial charge >= 0.3 is 0 Å². The molecule has 0 unspecified atom stereocenters. The minimum absolute atomic E-state index is 0. The number of nitrogens with zero attached hydrogens (tertiary/aromatic N) is 3. The Kier molecular flexibility index (Phi) is 9.08. The number of para-hydroxylation sites is 2. The molecule has 0 aliphatic carbocycles. The van der Waals surface area contributed by atoms with Crippen molar-refractivity contribution >= 4 is 45.8 Å². The number of amides is 2. The Morgan fingerprint density at radius 1 is 1.15 bits per heavy atom. The molecule has 0 saturated carbocycles. The molecule has 0 saturated heterocycles. The van der Waals surface area contributed by atoms with Gasteiger partial charge in [-0.2, -0.15) is 5.10 Å². The summed E-state index contributed by atoms with van der Waals surface area (Å²) in [5, 5.41) is 7.35. The molecular weight excluding hydrogens is 524 g/mol. The van der Waals surface area contributed by atoms with Crippen molar-refractivity contribution < 1.29 is 31.1 Å². The number of carbonyl (C=O) groups excluding carboxylic acids is 2. The van der Waals surface area contributed by atoms with E-state index in [1.807, 2.05) is 21.1 Å². The molecule has 0 radical (unpaired) electrons. The highest BCUT2D eigenvalue weighted by atomic mass is 79.9. The van der Waals surface area contributed by atoms with E-state index in [0.29, 0.717) is 26.2 Å². The zero-order valence-corrected chi connectivity index (χ0v) is 21.6. The molecule has 3 N–H and O–H groups in total. The van der Waals surface area contributed by atoms with Gasteiger partial charge in [0.2, 0.25) is 0 Å². The van der Waals surface area contributed by atoms with Crippen LogP contribution in [0.3, 0.4) is 0 Å². The SMILES string of the molecule is Cc1cc(Cl)ccc1NC(=O)/C(Cc1nc2ccccc2[nH]c1=O)=N\NC(=O)C[N+](C)(C)C.[Br-]. The maximum absolute atomic E-state index is 13.1. The van der Waals surface area contributed by atoms with Gasteiger partial charge < -0.3 is 31.8 Å². The molecule has 9 nitrogen and oxygen atoms in total. The molecular formula is C23H26BrClN6O3. The van der Waals surface area contributed by atoms with E-state index in [-0.39, 0.29) is 47.3 Å². The molecule has 11 heteroatoms. The van der Waals surface area contributed by atoms with Crippen LogP contribution in [0.1, 0.15) is 11.3 Å². The molecule has 0 aliphatic heterocycles. The van der Waals surface area contributed by atoms with Crippen LogP contribution >= 0.6 is 11.6 Å². The predicted octanol–water partition coefficient (Wildman–Crippen LogP) is -0.751. The summed E-state index contributed by atoms with van der Waals surface area (Å²) >= 11 is 5.99. The van der Waals surface area contributed by atoms with Crippen LogP contribution in [0.15, 0.2) is 52.4 Å². The predicted molar refractivity (Wildman–Crippen MR) is 129 cm³/mol. The number of likely N-dealkylation sites (N-methyl/N-ethyl adjacent to an activating group) is 1. The molecule has 180 valence electrons. The fourth-order valence-electron chi connectivity index (χ4n) is 3.07. The van der Waals surface area contributed by atoms with E-state index in [4.69, 9.17) is 11.6 Å². The Bertz CT molecular complexity index is 1300. The van der Waals surface area contributed by atoms with Crippen LogP contribution in [0.2, 0.25) is 5.02 Å². The number of quaternary nitrogens is 1. The first-order chi connectivity index (χ1) is 15.5. The van der Waals surface area contributed by atoms with Crippen molar-refractivity contribution in [2.24, 2.45) is 5.10 Å². The molecule has 2 amide bonds. The maximum Gasteiger partial charge on any atom is 0.295 e. The molecule has 0 aliphatic rings. The summed E-state index contributed by atoms with van der Waals surface area (Å²) in [5.74, 6) is -0.934. The highest BCUT2D eigenvalue weighted by molar-refractivity contribution is 6.43. The molecule has 1 aromatic heterocycles. The number of hydrogen-bond acceptors (Lipinski definition) is 5. The minimum Gasteiger partial charge on any atom is -1.00 e. The van der Waals surface area contributed by atoms with E-state index < -0.39 is 11.5 Å². The van der Waals surface area contributed by atoms with Crippen LogP contribution in [0, 0.1) is 6.92 Å². The highest BCUT2D eigenvalue weighted by Crippen LogP contribution is 2.19. The summed E-state index contributed by atoms with van der Waals surface area (Å²) in [7, 11) is 5.58. The van der Waals surface area contributed by atoms with E-state index in [9.17, 15) is 14.4 Å². The van der Waals surface area contributed by atoms with Crippen LogP contribution in [-0.2, 0) is 16.0 Å². The smallest absolute Gasteiger partial charge is 0.295 e. The number of aromatic amines is 1. The number of rotatable bonds is 7. The summed E-state index contributed by atoms with van der Waals surface area (Å²) in [4.78, 5) is 45.0. The number of carbonyl (C=O) groups is 2. The third-order valence-corrected chi connectivity index (χ3v) is 4.87. The zero-order valence-electron chi connectivity index (χ0n) is 19.3. The molecule has 0 atom stereocenters. The number of hydrazone groups is 1. The number of halogens is 2. The van der Waals surface area contributed by atoms with Crippen molar-refractivity contribution in [3.63, 3.8) is 0 Å². The topological polar surface area (TPSA) is 116 Å². The van der Waals surface area contributed by atoms with Crippen LogP contribution < -0.4 is 33.3 Å². The number of aryl methyl sites for hydroxylation is 1. The Morgan fingerprint density at radius 2 is 1.85 bits per heavy atom. The molecule has 34 heavy (non-hydrogen) atoms. The van der Waals surface area contributed by atoms with Crippen molar-refractivity contribution in [3.8, 4) is 0 Å². The second kappa shape index (κ2) is 11.4. The lowest BCUT2D eigenvalue weighted by Crippen LogP contribution is -3.00. The van der Waals surface area contributed by atoms with E-state index in [0.717, 1.165) is 5.56 Å². The lowest BCUT2D eigenvalue weighted by atomic mass is 10.1. The molecule has 2 aromatic carbocycles. The van der Waals surface area contributed by atoms with Gasteiger partial charge in [0.1, 0.15) is 11.4 Å². The van der Waals surface area contributed by atoms with E-state index in [2.05, 4.69) is 25.8 Å². The van der Waals surface area contributed by atoms with Crippen molar-refractivity contribution in [2.75, 3.05) is 33.0 Å². The average molecular weight is 550 g/mol. The monoisotopic (exact) mass is 548 g/mol. The van der Waals surface area contributed by atoms with Crippen LogP contribution in [0.25, 0.3) is 11.0 Å². The van der Waals surface area contributed by atoms with Crippen LogP contribution in [-0.4, -0.2) is 59.7 Å². The number of anilines is 1. The second-order valence-corrected chi connectivity index (χ2v) is 9.10.